The average Bonchev–Trinajstić information content (AvgIpc) is 2.61. The van der Waals surface area contributed by atoms with Gasteiger partial charge in [0.25, 0.3) is 0 Å². The molecule has 2 aliphatic heterocycles. The summed E-state index contributed by atoms with van der Waals surface area (Å²) < 4.78 is 20.1. The predicted octanol–water partition coefficient (Wildman–Crippen LogP) is 2.40. The summed E-state index contributed by atoms with van der Waals surface area (Å²) in [4.78, 5) is 39.1. The van der Waals surface area contributed by atoms with Gasteiger partial charge in [-0.3, -0.25) is 14.9 Å². The molecule has 1 atom stereocenters. The fraction of sp³-hybridized carbons (Fsp3) is 0.550. The van der Waals surface area contributed by atoms with Gasteiger partial charge in [-0.25, -0.2) is 9.18 Å². The molecule has 8 heteroatoms. The fourth-order valence-electron chi connectivity index (χ4n) is 3.46. The van der Waals surface area contributed by atoms with E-state index >= 15 is 0 Å². The molecule has 1 unspecified atom stereocenters. The SMILES string of the molecule is CC(C)(C)OC(=O)N1CCN(c2ccc(C3CCC(=O)NC3=O)c(F)c2)CC1. The summed E-state index contributed by atoms with van der Waals surface area (Å²) in [5.41, 5.74) is 0.474. The maximum absolute atomic E-state index is 14.7. The highest BCUT2D eigenvalue weighted by atomic mass is 19.1. The number of benzene rings is 1. The Morgan fingerprint density at radius 2 is 1.86 bits per heavy atom. The molecule has 0 saturated carbocycles. The van der Waals surface area contributed by atoms with Gasteiger partial charge in [0.05, 0.1) is 5.92 Å². The number of hydrogen-bond donors (Lipinski definition) is 1. The van der Waals surface area contributed by atoms with Crippen LogP contribution in [0.5, 0.6) is 0 Å². The molecule has 0 spiro atoms. The number of anilines is 1. The third kappa shape index (κ3) is 4.61. The Balaban J connectivity index is 1.63. The summed E-state index contributed by atoms with van der Waals surface area (Å²) in [6.45, 7) is 7.60. The van der Waals surface area contributed by atoms with Crippen LogP contribution < -0.4 is 10.2 Å². The van der Waals surface area contributed by atoms with Crippen molar-refractivity contribution in [3.05, 3.63) is 29.6 Å². The van der Waals surface area contributed by atoms with Gasteiger partial charge >= 0.3 is 6.09 Å². The Hall–Kier alpha value is -2.64. The normalized spacial score (nSPS) is 20.8. The second-order valence-corrected chi connectivity index (χ2v) is 8.16. The molecule has 2 fully saturated rings. The molecule has 0 aromatic heterocycles. The van der Waals surface area contributed by atoms with Crippen molar-refractivity contribution in [2.24, 2.45) is 0 Å². The van der Waals surface area contributed by atoms with E-state index in [0.29, 0.717) is 43.9 Å². The Morgan fingerprint density at radius 1 is 1.18 bits per heavy atom. The van der Waals surface area contributed by atoms with E-state index < -0.39 is 23.2 Å². The topological polar surface area (TPSA) is 79.0 Å². The molecule has 2 heterocycles. The number of carbonyl (C=O) groups is 3. The summed E-state index contributed by atoms with van der Waals surface area (Å²) in [5, 5.41) is 2.26. The number of hydrogen-bond acceptors (Lipinski definition) is 5. The van der Waals surface area contributed by atoms with E-state index in [4.69, 9.17) is 4.74 Å². The summed E-state index contributed by atoms with van der Waals surface area (Å²) in [6.07, 6.45) is 0.186. The van der Waals surface area contributed by atoms with Gasteiger partial charge in [-0.2, -0.15) is 0 Å². The molecule has 28 heavy (non-hydrogen) atoms. The van der Waals surface area contributed by atoms with E-state index in [1.54, 1.807) is 17.0 Å². The van der Waals surface area contributed by atoms with Crippen LogP contribution >= 0.6 is 0 Å². The number of piperazine rings is 1. The van der Waals surface area contributed by atoms with E-state index in [2.05, 4.69) is 5.32 Å². The van der Waals surface area contributed by atoms with Crippen molar-refractivity contribution < 1.29 is 23.5 Å². The number of halogens is 1. The maximum Gasteiger partial charge on any atom is 0.410 e. The predicted molar refractivity (Wildman–Crippen MR) is 102 cm³/mol. The minimum absolute atomic E-state index is 0.213. The number of piperidine rings is 1. The molecule has 7 nitrogen and oxygen atoms in total. The van der Waals surface area contributed by atoms with Crippen molar-refractivity contribution in [2.75, 3.05) is 31.1 Å². The van der Waals surface area contributed by atoms with Crippen molar-refractivity contribution >= 4 is 23.6 Å². The number of nitrogens with one attached hydrogen (secondary N) is 1. The molecule has 0 bridgehead atoms. The van der Waals surface area contributed by atoms with Crippen LogP contribution in [0.2, 0.25) is 0 Å². The van der Waals surface area contributed by atoms with E-state index in [1.807, 2.05) is 25.7 Å². The highest BCUT2D eigenvalue weighted by Gasteiger charge is 2.31. The second kappa shape index (κ2) is 7.77. The minimum atomic E-state index is -0.643. The van der Waals surface area contributed by atoms with Crippen LogP contribution in [0, 0.1) is 5.82 Å². The van der Waals surface area contributed by atoms with Crippen molar-refractivity contribution in [1.29, 1.82) is 0 Å². The zero-order chi connectivity index (χ0) is 20.5. The standard InChI is InChI=1S/C20H26FN3O4/c1-20(2,3)28-19(27)24-10-8-23(9-11-24)13-4-5-14(16(21)12-13)15-6-7-17(25)22-18(15)26/h4-5,12,15H,6-11H2,1-3H3,(H,22,25,26). The van der Waals surface area contributed by atoms with Gasteiger partial charge in [-0.15, -0.1) is 0 Å². The lowest BCUT2D eigenvalue weighted by molar-refractivity contribution is -0.134. The monoisotopic (exact) mass is 391 g/mol. The maximum atomic E-state index is 14.7. The first-order chi connectivity index (χ1) is 13.1. The number of imide groups is 1. The molecule has 2 saturated heterocycles. The van der Waals surface area contributed by atoms with Crippen LogP contribution in [0.25, 0.3) is 0 Å². The van der Waals surface area contributed by atoms with Gasteiger partial charge in [0.1, 0.15) is 11.4 Å². The van der Waals surface area contributed by atoms with E-state index in [-0.39, 0.29) is 18.4 Å². The third-order valence-corrected chi connectivity index (χ3v) is 4.90. The van der Waals surface area contributed by atoms with Gasteiger partial charge in [0, 0.05) is 43.9 Å². The molecule has 1 aromatic rings. The van der Waals surface area contributed by atoms with Crippen LogP contribution in [0.3, 0.4) is 0 Å². The highest BCUT2D eigenvalue weighted by Crippen LogP contribution is 2.30. The molecule has 3 rings (SSSR count). The zero-order valence-corrected chi connectivity index (χ0v) is 16.5. The first-order valence-corrected chi connectivity index (χ1v) is 9.50. The lowest BCUT2D eigenvalue weighted by atomic mass is 9.90. The first kappa shape index (κ1) is 20.1. The average molecular weight is 391 g/mol. The van der Waals surface area contributed by atoms with Gasteiger partial charge in [-0.05, 0) is 39.3 Å². The number of rotatable bonds is 2. The van der Waals surface area contributed by atoms with E-state index in [9.17, 15) is 18.8 Å². The van der Waals surface area contributed by atoms with Crippen LogP contribution in [0.4, 0.5) is 14.9 Å². The third-order valence-electron chi connectivity index (χ3n) is 4.90. The molecule has 152 valence electrons. The Bertz CT molecular complexity index is 782. The van der Waals surface area contributed by atoms with Crippen molar-refractivity contribution in [2.45, 2.75) is 45.1 Å². The van der Waals surface area contributed by atoms with Gasteiger partial charge in [0.2, 0.25) is 11.8 Å². The summed E-state index contributed by atoms with van der Waals surface area (Å²) in [7, 11) is 0. The largest absolute Gasteiger partial charge is 0.444 e. The molecular weight excluding hydrogens is 365 g/mol. The molecule has 0 aliphatic carbocycles. The zero-order valence-electron chi connectivity index (χ0n) is 16.5. The second-order valence-electron chi connectivity index (χ2n) is 8.16. The Kier molecular flexibility index (Phi) is 5.58. The number of nitrogens with zero attached hydrogens (tertiary/aromatic N) is 2. The van der Waals surface area contributed by atoms with Gasteiger partial charge < -0.3 is 14.5 Å². The van der Waals surface area contributed by atoms with Crippen LogP contribution in [0.1, 0.15) is 45.1 Å². The minimum Gasteiger partial charge on any atom is -0.444 e. The molecule has 2 aliphatic rings. The van der Waals surface area contributed by atoms with Crippen LogP contribution in [0.15, 0.2) is 18.2 Å². The number of ether oxygens (including phenoxy) is 1. The lowest BCUT2D eigenvalue weighted by Gasteiger charge is -2.37. The fourth-order valence-corrected chi connectivity index (χ4v) is 3.46. The summed E-state index contributed by atoms with van der Waals surface area (Å²) in [5.74, 6) is -1.87. The molecular formula is C20H26FN3O4. The molecule has 1 N–H and O–H groups in total. The van der Waals surface area contributed by atoms with E-state index in [1.165, 1.54) is 6.07 Å². The van der Waals surface area contributed by atoms with Gasteiger partial charge in [-0.1, -0.05) is 6.07 Å². The molecule has 0 radical (unpaired) electrons. The smallest absolute Gasteiger partial charge is 0.410 e. The van der Waals surface area contributed by atoms with E-state index in [0.717, 1.165) is 0 Å². The Labute approximate surface area is 163 Å². The van der Waals surface area contributed by atoms with Crippen molar-refractivity contribution in [3.63, 3.8) is 0 Å². The first-order valence-electron chi connectivity index (χ1n) is 9.50. The Morgan fingerprint density at radius 3 is 2.43 bits per heavy atom. The lowest BCUT2D eigenvalue weighted by Crippen LogP contribution is -2.50. The number of amides is 3. The van der Waals surface area contributed by atoms with Crippen LogP contribution in [-0.4, -0.2) is 54.6 Å². The van der Waals surface area contributed by atoms with Crippen LogP contribution in [-0.2, 0) is 14.3 Å². The molecule has 1 aromatic carbocycles. The highest BCUT2D eigenvalue weighted by molar-refractivity contribution is 6.01. The molecule has 3 amide bonds. The number of carbonyl (C=O) groups excluding carboxylic acids is 3. The van der Waals surface area contributed by atoms with Crippen molar-refractivity contribution in [3.8, 4) is 0 Å². The summed E-state index contributed by atoms with van der Waals surface area (Å²) >= 11 is 0. The van der Waals surface area contributed by atoms with Crippen molar-refractivity contribution in [1.82, 2.24) is 10.2 Å². The van der Waals surface area contributed by atoms with Gasteiger partial charge in [0.15, 0.2) is 0 Å². The quantitative estimate of drug-likeness (QED) is 0.784. The summed E-state index contributed by atoms with van der Waals surface area (Å²) in [6, 6.07) is 4.82.